The van der Waals surface area contributed by atoms with E-state index in [-0.39, 0.29) is 0 Å². The van der Waals surface area contributed by atoms with Crippen LogP contribution < -0.4 is 5.32 Å². The van der Waals surface area contributed by atoms with Crippen LogP contribution >= 0.6 is 0 Å². The van der Waals surface area contributed by atoms with Crippen molar-refractivity contribution < 1.29 is 0 Å². The Hall–Kier alpha value is -4.07. The van der Waals surface area contributed by atoms with Crippen LogP contribution in [0.3, 0.4) is 0 Å². The molecule has 0 fully saturated rings. The highest BCUT2D eigenvalue weighted by molar-refractivity contribution is 5.86. The van der Waals surface area contributed by atoms with Crippen LogP contribution in [0.4, 0.5) is 5.82 Å². The molecule has 1 aliphatic heterocycles. The van der Waals surface area contributed by atoms with Gasteiger partial charge < -0.3 is 9.88 Å². The zero-order chi connectivity index (χ0) is 20.1. The van der Waals surface area contributed by atoms with E-state index in [1.165, 1.54) is 0 Å². The van der Waals surface area contributed by atoms with Gasteiger partial charge in [0.05, 0.1) is 28.7 Å². The van der Waals surface area contributed by atoms with Crippen molar-refractivity contribution in [2.24, 2.45) is 0 Å². The SMILES string of the molecule is Cc1cccc(-c2n[nH]cc2-c2ccc3ncc(-c4ncn5c4NCC5)cc3n2)n1. The molecule has 0 saturated heterocycles. The van der Waals surface area contributed by atoms with Crippen molar-refractivity contribution >= 4 is 16.9 Å². The predicted octanol–water partition coefficient (Wildman–Crippen LogP) is 3.68. The first-order chi connectivity index (χ1) is 14.8. The molecule has 0 atom stereocenters. The lowest BCUT2D eigenvalue weighted by Gasteiger charge is -2.06. The lowest BCUT2D eigenvalue weighted by Crippen LogP contribution is -1.95. The second-order valence-electron chi connectivity index (χ2n) is 7.33. The van der Waals surface area contributed by atoms with Gasteiger partial charge in [-0.3, -0.25) is 15.1 Å². The van der Waals surface area contributed by atoms with Crippen molar-refractivity contribution in [3.05, 3.63) is 60.8 Å². The number of hydrogen-bond donors (Lipinski definition) is 2. The van der Waals surface area contributed by atoms with E-state index in [2.05, 4.69) is 35.0 Å². The van der Waals surface area contributed by atoms with Crippen molar-refractivity contribution in [1.29, 1.82) is 0 Å². The smallest absolute Gasteiger partial charge is 0.134 e. The number of H-pyrrole nitrogens is 1. The molecule has 0 unspecified atom stereocenters. The summed E-state index contributed by atoms with van der Waals surface area (Å²) in [5.74, 6) is 1.04. The van der Waals surface area contributed by atoms with Crippen LogP contribution in [-0.2, 0) is 6.54 Å². The topological polar surface area (TPSA) is 97.2 Å². The number of aryl methyl sites for hydroxylation is 1. The quantitative estimate of drug-likeness (QED) is 0.484. The molecule has 5 aromatic heterocycles. The molecule has 6 rings (SSSR count). The molecular weight excluding hydrogens is 376 g/mol. The minimum atomic E-state index is 0.783. The molecule has 146 valence electrons. The van der Waals surface area contributed by atoms with Crippen molar-refractivity contribution in [3.8, 4) is 33.9 Å². The summed E-state index contributed by atoms with van der Waals surface area (Å²) in [5, 5.41) is 10.8. The lowest BCUT2D eigenvalue weighted by atomic mass is 10.1. The van der Waals surface area contributed by atoms with Gasteiger partial charge in [-0.15, -0.1) is 0 Å². The molecule has 0 amide bonds. The van der Waals surface area contributed by atoms with E-state index in [0.717, 1.165) is 69.5 Å². The number of anilines is 1. The van der Waals surface area contributed by atoms with Gasteiger partial charge in [0.15, 0.2) is 0 Å². The Morgan fingerprint density at radius 3 is 2.87 bits per heavy atom. The zero-order valence-electron chi connectivity index (χ0n) is 16.3. The fraction of sp³-hybridized carbons (Fsp3) is 0.136. The number of nitrogens with zero attached hydrogens (tertiary/aromatic N) is 6. The maximum Gasteiger partial charge on any atom is 0.134 e. The fourth-order valence-corrected chi connectivity index (χ4v) is 3.88. The average Bonchev–Trinajstić information content (AvgIpc) is 3.50. The summed E-state index contributed by atoms with van der Waals surface area (Å²) >= 11 is 0. The third kappa shape index (κ3) is 2.65. The van der Waals surface area contributed by atoms with Gasteiger partial charge in [-0.05, 0) is 37.3 Å². The van der Waals surface area contributed by atoms with E-state index in [9.17, 15) is 0 Å². The second-order valence-corrected chi connectivity index (χ2v) is 7.33. The van der Waals surface area contributed by atoms with Gasteiger partial charge in [0.2, 0.25) is 0 Å². The van der Waals surface area contributed by atoms with E-state index < -0.39 is 0 Å². The van der Waals surface area contributed by atoms with Crippen LogP contribution in [0, 0.1) is 6.92 Å². The maximum atomic E-state index is 4.89. The monoisotopic (exact) mass is 394 g/mol. The second kappa shape index (κ2) is 6.48. The van der Waals surface area contributed by atoms with Gasteiger partial charge >= 0.3 is 0 Å². The molecule has 0 aromatic carbocycles. The molecule has 0 aliphatic carbocycles. The van der Waals surface area contributed by atoms with Crippen LogP contribution in [-0.4, -0.2) is 41.2 Å². The molecule has 0 radical (unpaired) electrons. The van der Waals surface area contributed by atoms with Crippen molar-refractivity contribution in [3.63, 3.8) is 0 Å². The molecule has 5 aromatic rings. The highest BCUT2D eigenvalue weighted by Gasteiger charge is 2.18. The fourth-order valence-electron chi connectivity index (χ4n) is 3.88. The van der Waals surface area contributed by atoms with Crippen LogP contribution in [0.2, 0.25) is 0 Å². The Labute approximate surface area is 172 Å². The molecule has 0 spiro atoms. The lowest BCUT2D eigenvalue weighted by molar-refractivity contribution is 0.799. The predicted molar refractivity (Wildman–Crippen MR) is 115 cm³/mol. The van der Waals surface area contributed by atoms with Crippen LogP contribution in [0.25, 0.3) is 44.9 Å². The first kappa shape index (κ1) is 16.8. The molecule has 6 heterocycles. The van der Waals surface area contributed by atoms with Gasteiger partial charge in [-0.1, -0.05) is 6.07 Å². The Morgan fingerprint density at radius 2 is 1.93 bits per heavy atom. The molecular formula is C22H18N8. The standard InChI is InChI=1S/C22H18N8/c1-13-3-2-4-18(27-13)21-15(11-26-29-21)16-5-6-17-19(28-16)9-14(10-24-17)20-22-23-7-8-30(22)12-25-20/h2-6,9-12,23H,7-8H2,1H3,(H,26,29). The van der Waals surface area contributed by atoms with Gasteiger partial charge in [-0.25, -0.2) is 9.97 Å². The van der Waals surface area contributed by atoms with E-state index >= 15 is 0 Å². The number of aromatic amines is 1. The number of pyridine rings is 3. The summed E-state index contributed by atoms with van der Waals surface area (Å²) < 4.78 is 2.12. The molecule has 8 heteroatoms. The molecule has 0 bridgehead atoms. The van der Waals surface area contributed by atoms with Crippen molar-refractivity contribution in [2.45, 2.75) is 13.5 Å². The van der Waals surface area contributed by atoms with Gasteiger partial charge in [0.25, 0.3) is 0 Å². The van der Waals surface area contributed by atoms with Gasteiger partial charge in [0, 0.05) is 42.3 Å². The summed E-state index contributed by atoms with van der Waals surface area (Å²) in [6.07, 6.45) is 5.58. The number of rotatable bonds is 3. The van der Waals surface area contributed by atoms with E-state index in [0.29, 0.717) is 0 Å². The number of nitrogens with one attached hydrogen (secondary N) is 2. The minimum Gasteiger partial charge on any atom is -0.368 e. The van der Waals surface area contributed by atoms with E-state index in [1.807, 2.05) is 62.0 Å². The highest BCUT2D eigenvalue weighted by atomic mass is 15.2. The van der Waals surface area contributed by atoms with Crippen LogP contribution in [0.15, 0.2) is 55.1 Å². The molecule has 2 N–H and O–H groups in total. The van der Waals surface area contributed by atoms with Crippen molar-refractivity contribution in [2.75, 3.05) is 11.9 Å². The molecule has 1 aliphatic rings. The third-order valence-electron chi connectivity index (χ3n) is 5.34. The number of hydrogen-bond acceptors (Lipinski definition) is 6. The van der Waals surface area contributed by atoms with Gasteiger partial charge in [-0.2, -0.15) is 5.10 Å². The summed E-state index contributed by atoms with van der Waals surface area (Å²) in [5.41, 5.74) is 7.78. The first-order valence-electron chi connectivity index (χ1n) is 9.80. The normalized spacial score (nSPS) is 12.8. The maximum absolute atomic E-state index is 4.89. The average molecular weight is 394 g/mol. The Balaban J connectivity index is 1.46. The zero-order valence-corrected chi connectivity index (χ0v) is 16.3. The number of fused-ring (bicyclic) bond motifs is 2. The molecule has 0 saturated carbocycles. The first-order valence-corrected chi connectivity index (χ1v) is 9.80. The van der Waals surface area contributed by atoms with E-state index in [4.69, 9.17) is 4.98 Å². The van der Waals surface area contributed by atoms with Gasteiger partial charge in [0.1, 0.15) is 17.2 Å². The summed E-state index contributed by atoms with van der Waals surface area (Å²) in [6.45, 7) is 3.82. The minimum absolute atomic E-state index is 0.783. The summed E-state index contributed by atoms with van der Waals surface area (Å²) in [7, 11) is 0. The Bertz CT molecular complexity index is 1400. The largest absolute Gasteiger partial charge is 0.368 e. The Morgan fingerprint density at radius 1 is 0.967 bits per heavy atom. The summed E-state index contributed by atoms with van der Waals surface area (Å²) in [6, 6.07) is 11.9. The molecule has 8 nitrogen and oxygen atoms in total. The van der Waals surface area contributed by atoms with Crippen molar-refractivity contribution in [1.82, 2.24) is 34.7 Å². The number of aromatic nitrogens is 7. The molecule has 30 heavy (non-hydrogen) atoms. The van der Waals surface area contributed by atoms with E-state index in [1.54, 1.807) is 0 Å². The van der Waals surface area contributed by atoms with Crippen LogP contribution in [0.1, 0.15) is 5.69 Å². The summed E-state index contributed by atoms with van der Waals surface area (Å²) in [4.78, 5) is 18.7. The van der Waals surface area contributed by atoms with Crippen LogP contribution in [0.5, 0.6) is 0 Å². The number of imidazole rings is 1. The highest BCUT2D eigenvalue weighted by Crippen LogP contribution is 2.32. The third-order valence-corrected chi connectivity index (χ3v) is 5.34. The Kier molecular flexibility index (Phi) is 3.64.